The fraction of sp³-hybridized carbons (Fsp3) is 0.500. The summed E-state index contributed by atoms with van der Waals surface area (Å²) in [6, 6.07) is 3.38. The van der Waals surface area contributed by atoms with Crippen molar-refractivity contribution in [1.29, 1.82) is 0 Å². The quantitative estimate of drug-likeness (QED) is 0.799. The molecule has 1 atom stereocenters. The van der Waals surface area contributed by atoms with Gasteiger partial charge in [-0.1, -0.05) is 0 Å². The standard InChI is InChI=1S/C12H19N3O2/c1-8(2)17-10-5-4-6-14-11(10)12(16)15-9(3)7-13/h4-6,8-9H,7,13H2,1-3H3,(H,15,16)/t9-/m0/s1. The van der Waals surface area contributed by atoms with Crippen LogP contribution in [0.1, 0.15) is 31.3 Å². The number of hydrogen-bond donors (Lipinski definition) is 2. The van der Waals surface area contributed by atoms with E-state index in [0.29, 0.717) is 18.0 Å². The molecule has 0 spiro atoms. The van der Waals surface area contributed by atoms with Gasteiger partial charge in [0.15, 0.2) is 11.4 Å². The Bertz CT molecular complexity index is 380. The Hall–Kier alpha value is -1.62. The Labute approximate surface area is 101 Å². The molecule has 0 saturated heterocycles. The van der Waals surface area contributed by atoms with Crippen molar-refractivity contribution >= 4 is 5.91 Å². The van der Waals surface area contributed by atoms with Gasteiger partial charge in [-0.3, -0.25) is 4.79 Å². The van der Waals surface area contributed by atoms with Crippen LogP contribution in [0, 0.1) is 0 Å². The fourth-order valence-corrected chi connectivity index (χ4v) is 1.26. The summed E-state index contributed by atoms with van der Waals surface area (Å²) in [6.45, 7) is 6.02. The number of hydrogen-bond acceptors (Lipinski definition) is 4. The van der Waals surface area contributed by atoms with Crippen molar-refractivity contribution in [2.75, 3.05) is 6.54 Å². The van der Waals surface area contributed by atoms with Crippen molar-refractivity contribution in [3.05, 3.63) is 24.0 Å². The molecule has 0 aromatic carbocycles. The van der Waals surface area contributed by atoms with Crippen molar-refractivity contribution in [1.82, 2.24) is 10.3 Å². The normalized spacial score (nSPS) is 12.3. The number of nitrogens with one attached hydrogen (secondary N) is 1. The maximum Gasteiger partial charge on any atom is 0.273 e. The second-order valence-electron chi connectivity index (χ2n) is 4.13. The third-order valence-corrected chi connectivity index (χ3v) is 2.08. The van der Waals surface area contributed by atoms with E-state index in [1.807, 2.05) is 20.8 Å². The molecule has 5 heteroatoms. The zero-order valence-corrected chi connectivity index (χ0v) is 10.4. The maximum absolute atomic E-state index is 11.9. The average molecular weight is 237 g/mol. The number of nitrogens with zero attached hydrogens (tertiary/aromatic N) is 1. The summed E-state index contributed by atoms with van der Waals surface area (Å²) in [6.07, 6.45) is 1.56. The van der Waals surface area contributed by atoms with E-state index in [1.165, 1.54) is 0 Å². The predicted molar refractivity (Wildman–Crippen MR) is 66.0 cm³/mol. The number of rotatable bonds is 5. The summed E-state index contributed by atoms with van der Waals surface area (Å²) < 4.78 is 5.53. The minimum atomic E-state index is -0.265. The van der Waals surface area contributed by atoms with Gasteiger partial charge in [-0.15, -0.1) is 0 Å². The molecule has 0 unspecified atom stereocenters. The second-order valence-corrected chi connectivity index (χ2v) is 4.13. The smallest absolute Gasteiger partial charge is 0.273 e. The van der Waals surface area contributed by atoms with E-state index in [0.717, 1.165) is 0 Å². The lowest BCUT2D eigenvalue weighted by Crippen LogP contribution is -2.38. The molecule has 1 heterocycles. The first-order valence-electron chi connectivity index (χ1n) is 5.67. The van der Waals surface area contributed by atoms with Gasteiger partial charge in [0, 0.05) is 18.8 Å². The molecule has 0 fully saturated rings. The van der Waals surface area contributed by atoms with Gasteiger partial charge >= 0.3 is 0 Å². The van der Waals surface area contributed by atoms with Crippen LogP contribution in [0.15, 0.2) is 18.3 Å². The minimum Gasteiger partial charge on any atom is -0.489 e. The second kappa shape index (κ2) is 6.20. The molecule has 1 aromatic heterocycles. The van der Waals surface area contributed by atoms with Gasteiger partial charge in [-0.2, -0.15) is 0 Å². The Morgan fingerprint density at radius 1 is 1.53 bits per heavy atom. The SMILES string of the molecule is CC(C)Oc1cccnc1C(=O)N[C@@H](C)CN. The maximum atomic E-state index is 11.9. The molecular formula is C12H19N3O2. The summed E-state index contributed by atoms with van der Waals surface area (Å²) in [5, 5.41) is 2.75. The lowest BCUT2D eigenvalue weighted by atomic mass is 10.2. The van der Waals surface area contributed by atoms with Crippen LogP contribution in [0.2, 0.25) is 0 Å². The molecule has 0 aliphatic rings. The summed E-state index contributed by atoms with van der Waals surface area (Å²) in [5.41, 5.74) is 5.74. The Kier molecular flexibility index (Phi) is 4.90. The Balaban J connectivity index is 2.85. The topological polar surface area (TPSA) is 77.2 Å². The van der Waals surface area contributed by atoms with Gasteiger partial charge in [0.25, 0.3) is 5.91 Å². The monoisotopic (exact) mass is 237 g/mol. The van der Waals surface area contributed by atoms with E-state index in [2.05, 4.69) is 10.3 Å². The summed E-state index contributed by atoms with van der Waals surface area (Å²) in [5.74, 6) is 0.225. The molecule has 3 N–H and O–H groups in total. The number of aromatic nitrogens is 1. The van der Waals surface area contributed by atoms with Gasteiger partial charge in [-0.25, -0.2) is 4.98 Å². The third kappa shape index (κ3) is 4.03. The number of amides is 1. The highest BCUT2D eigenvalue weighted by Gasteiger charge is 2.16. The van der Waals surface area contributed by atoms with Crippen LogP contribution in [-0.4, -0.2) is 29.6 Å². The van der Waals surface area contributed by atoms with Gasteiger partial charge in [0.1, 0.15) is 0 Å². The van der Waals surface area contributed by atoms with E-state index in [9.17, 15) is 4.79 Å². The first kappa shape index (κ1) is 13.4. The third-order valence-electron chi connectivity index (χ3n) is 2.08. The lowest BCUT2D eigenvalue weighted by molar-refractivity contribution is 0.0929. The first-order valence-corrected chi connectivity index (χ1v) is 5.67. The van der Waals surface area contributed by atoms with Crippen LogP contribution in [-0.2, 0) is 0 Å². The Morgan fingerprint density at radius 2 is 2.24 bits per heavy atom. The minimum absolute atomic E-state index is 0.00215. The van der Waals surface area contributed by atoms with Crippen molar-refractivity contribution in [2.24, 2.45) is 5.73 Å². The lowest BCUT2D eigenvalue weighted by Gasteiger charge is -2.15. The van der Waals surface area contributed by atoms with Gasteiger partial charge in [0.05, 0.1) is 6.10 Å². The molecule has 94 valence electrons. The first-order chi connectivity index (χ1) is 8.04. The zero-order valence-electron chi connectivity index (χ0n) is 10.4. The van der Waals surface area contributed by atoms with Crippen LogP contribution >= 0.6 is 0 Å². The molecule has 0 bridgehead atoms. The molecular weight excluding hydrogens is 218 g/mol. The molecule has 0 saturated carbocycles. The van der Waals surface area contributed by atoms with Gasteiger partial charge in [-0.05, 0) is 32.9 Å². The van der Waals surface area contributed by atoms with Crippen molar-refractivity contribution in [2.45, 2.75) is 32.9 Å². The van der Waals surface area contributed by atoms with Gasteiger partial charge < -0.3 is 15.8 Å². The number of nitrogens with two attached hydrogens (primary N) is 1. The molecule has 17 heavy (non-hydrogen) atoms. The Morgan fingerprint density at radius 3 is 2.82 bits per heavy atom. The average Bonchev–Trinajstić information content (AvgIpc) is 2.28. The molecule has 5 nitrogen and oxygen atoms in total. The van der Waals surface area contributed by atoms with E-state index >= 15 is 0 Å². The van der Waals surface area contributed by atoms with Crippen molar-refractivity contribution in [3.8, 4) is 5.75 Å². The highest BCUT2D eigenvalue weighted by atomic mass is 16.5. The summed E-state index contributed by atoms with van der Waals surface area (Å²) >= 11 is 0. The number of ether oxygens (including phenoxy) is 1. The van der Waals surface area contributed by atoms with Crippen LogP contribution in [0.5, 0.6) is 5.75 Å². The van der Waals surface area contributed by atoms with Crippen LogP contribution < -0.4 is 15.8 Å². The largest absolute Gasteiger partial charge is 0.489 e. The molecule has 1 amide bonds. The van der Waals surface area contributed by atoms with Crippen LogP contribution in [0.25, 0.3) is 0 Å². The highest BCUT2D eigenvalue weighted by molar-refractivity contribution is 5.95. The number of carbonyl (C=O) groups is 1. The molecule has 0 aliphatic heterocycles. The molecule has 1 aromatic rings. The van der Waals surface area contributed by atoms with Gasteiger partial charge in [0.2, 0.25) is 0 Å². The molecule has 1 rings (SSSR count). The zero-order chi connectivity index (χ0) is 12.8. The summed E-state index contributed by atoms with van der Waals surface area (Å²) in [4.78, 5) is 15.9. The summed E-state index contributed by atoms with van der Waals surface area (Å²) in [7, 11) is 0. The van der Waals surface area contributed by atoms with E-state index < -0.39 is 0 Å². The number of carbonyl (C=O) groups excluding carboxylic acids is 1. The highest BCUT2D eigenvalue weighted by Crippen LogP contribution is 2.16. The molecule has 0 aliphatic carbocycles. The fourth-order valence-electron chi connectivity index (χ4n) is 1.26. The van der Waals surface area contributed by atoms with E-state index in [-0.39, 0.29) is 18.1 Å². The van der Waals surface area contributed by atoms with E-state index in [4.69, 9.17) is 10.5 Å². The number of pyridine rings is 1. The van der Waals surface area contributed by atoms with Crippen LogP contribution in [0.4, 0.5) is 0 Å². The molecule has 0 radical (unpaired) electrons. The predicted octanol–water partition coefficient (Wildman–Crippen LogP) is 0.946. The van der Waals surface area contributed by atoms with Crippen molar-refractivity contribution in [3.63, 3.8) is 0 Å². The van der Waals surface area contributed by atoms with Crippen molar-refractivity contribution < 1.29 is 9.53 Å². The van der Waals surface area contributed by atoms with E-state index in [1.54, 1.807) is 18.3 Å². The van der Waals surface area contributed by atoms with Crippen LogP contribution in [0.3, 0.4) is 0 Å².